The number of nitrogens with zero attached hydrogens (tertiary/aromatic N) is 1. The molecule has 4 nitrogen and oxygen atoms in total. The van der Waals surface area contributed by atoms with E-state index in [0.29, 0.717) is 0 Å². The molecule has 0 aliphatic carbocycles. The summed E-state index contributed by atoms with van der Waals surface area (Å²) in [4.78, 5) is 10.8. The SMILES string of the molecule is COC(=O)N/N=C(\C)c1cccc(C(F)(F)F)c1. The van der Waals surface area contributed by atoms with Gasteiger partial charge in [-0.2, -0.15) is 18.3 Å². The zero-order valence-electron chi connectivity index (χ0n) is 9.71. The molecule has 0 unspecified atom stereocenters. The molecule has 0 atom stereocenters. The van der Waals surface area contributed by atoms with Crippen LogP contribution >= 0.6 is 0 Å². The summed E-state index contributed by atoms with van der Waals surface area (Å²) in [5.41, 5.74) is 1.77. The summed E-state index contributed by atoms with van der Waals surface area (Å²) < 4.78 is 41.7. The summed E-state index contributed by atoms with van der Waals surface area (Å²) in [5.74, 6) is 0. The van der Waals surface area contributed by atoms with Crippen molar-refractivity contribution < 1.29 is 22.7 Å². The summed E-state index contributed by atoms with van der Waals surface area (Å²) in [7, 11) is 1.16. The van der Waals surface area contributed by atoms with Gasteiger partial charge in [0, 0.05) is 0 Å². The number of halogens is 3. The maximum Gasteiger partial charge on any atom is 0.427 e. The topological polar surface area (TPSA) is 50.7 Å². The number of benzene rings is 1. The number of hydrogen-bond acceptors (Lipinski definition) is 3. The van der Waals surface area contributed by atoms with E-state index < -0.39 is 17.8 Å². The molecule has 0 aliphatic rings. The van der Waals surface area contributed by atoms with Gasteiger partial charge in [-0.1, -0.05) is 12.1 Å². The van der Waals surface area contributed by atoms with E-state index in [2.05, 4.69) is 9.84 Å². The van der Waals surface area contributed by atoms with Crippen molar-refractivity contribution in [3.8, 4) is 0 Å². The fourth-order valence-corrected chi connectivity index (χ4v) is 1.16. The second-order valence-corrected chi connectivity index (χ2v) is 3.38. The maximum atomic E-state index is 12.5. The first kappa shape index (κ1) is 14.0. The Kier molecular flexibility index (Phi) is 4.30. The van der Waals surface area contributed by atoms with Gasteiger partial charge in [0.15, 0.2) is 0 Å². The van der Waals surface area contributed by atoms with Crippen LogP contribution in [-0.2, 0) is 10.9 Å². The van der Waals surface area contributed by atoms with Gasteiger partial charge in [0.1, 0.15) is 0 Å². The van der Waals surface area contributed by atoms with Gasteiger partial charge in [-0.05, 0) is 24.6 Å². The summed E-state index contributed by atoms with van der Waals surface area (Å²) in [5, 5.41) is 3.61. The molecule has 1 aromatic carbocycles. The number of alkyl halides is 3. The standard InChI is InChI=1S/C11H11F3N2O2/c1-7(15-16-10(17)18-2)8-4-3-5-9(6-8)11(12,13)14/h3-6H,1-2H3,(H,16,17)/b15-7+. The molecule has 0 saturated heterocycles. The highest BCUT2D eigenvalue weighted by molar-refractivity contribution is 5.99. The zero-order valence-corrected chi connectivity index (χ0v) is 9.71. The number of rotatable bonds is 2. The molecule has 98 valence electrons. The number of ether oxygens (including phenoxy) is 1. The molecule has 1 rings (SSSR count). The van der Waals surface area contributed by atoms with Gasteiger partial charge in [-0.3, -0.25) is 0 Å². The van der Waals surface area contributed by atoms with E-state index in [1.54, 1.807) is 0 Å². The third-order valence-electron chi connectivity index (χ3n) is 2.11. The van der Waals surface area contributed by atoms with Crippen molar-refractivity contribution in [2.24, 2.45) is 5.10 Å². The van der Waals surface area contributed by atoms with E-state index in [0.717, 1.165) is 19.2 Å². The average molecular weight is 260 g/mol. The highest BCUT2D eigenvalue weighted by Crippen LogP contribution is 2.29. The largest absolute Gasteiger partial charge is 0.452 e. The van der Waals surface area contributed by atoms with Crippen molar-refractivity contribution >= 4 is 11.8 Å². The Balaban J connectivity index is 2.93. The Morgan fingerprint density at radius 3 is 2.61 bits per heavy atom. The van der Waals surface area contributed by atoms with E-state index >= 15 is 0 Å². The number of hydrogen-bond donors (Lipinski definition) is 1. The first-order valence-corrected chi connectivity index (χ1v) is 4.90. The number of nitrogens with one attached hydrogen (secondary N) is 1. The molecule has 0 heterocycles. The Hall–Kier alpha value is -2.05. The van der Waals surface area contributed by atoms with Gasteiger partial charge in [-0.15, -0.1) is 0 Å². The van der Waals surface area contributed by atoms with Crippen LogP contribution in [-0.4, -0.2) is 18.9 Å². The summed E-state index contributed by atoms with van der Waals surface area (Å²) >= 11 is 0. The van der Waals surface area contributed by atoms with Gasteiger partial charge in [0.2, 0.25) is 0 Å². The number of carbonyl (C=O) groups is 1. The smallest absolute Gasteiger partial charge is 0.427 e. The Morgan fingerprint density at radius 1 is 1.39 bits per heavy atom. The van der Waals surface area contributed by atoms with Gasteiger partial charge in [0.05, 0.1) is 18.4 Å². The molecule has 0 spiro atoms. The van der Waals surface area contributed by atoms with Crippen molar-refractivity contribution in [1.82, 2.24) is 5.43 Å². The van der Waals surface area contributed by atoms with Crippen molar-refractivity contribution in [3.05, 3.63) is 35.4 Å². The third kappa shape index (κ3) is 3.76. The van der Waals surface area contributed by atoms with Crippen molar-refractivity contribution in [2.45, 2.75) is 13.1 Å². The van der Waals surface area contributed by atoms with E-state index in [1.165, 1.54) is 19.1 Å². The molecule has 0 aromatic heterocycles. The molecule has 0 saturated carbocycles. The van der Waals surface area contributed by atoms with Crippen molar-refractivity contribution in [3.63, 3.8) is 0 Å². The van der Waals surface area contributed by atoms with Crippen LogP contribution in [0.4, 0.5) is 18.0 Å². The van der Waals surface area contributed by atoms with E-state index in [9.17, 15) is 18.0 Å². The van der Waals surface area contributed by atoms with Crippen molar-refractivity contribution in [1.29, 1.82) is 0 Å². The molecular formula is C11H11F3N2O2. The minimum atomic E-state index is -4.41. The second kappa shape index (κ2) is 5.52. The highest BCUT2D eigenvalue weighted by atomic mass is 19.4. The predicted molar refractivity (Wildman–Crippen MR) is 59.2 cm³/mol. The first-order chi connectivity index (χ1) is 8.34. The molecule has 7 heteroatoms. The third-order valence-corrected chi connectivity index (χ3v) is 2.11. The van der Waals surface area contributed by atoms with Crippen LogP contribution in [0.25, 0.3) is 0 Å². The lowest BCUT2D eigenvalue weighted by molar-refractivity contribution is -0.137. The van der Waals surface area contributed by atoms with Gasteiger partial charge < -0.3 is 4.74 Å². The fraction of sp³-hybridized carbons (Fsp3) is 0.273. The zero-order chi connectivity index (χ0) is 13.8. The molecule has 0 radical (unpaired) electrons. The molecule has 1 amide bonds. The minimum Gasteiger partial charge on any atom is -0.452 e. The van der Waals surface area contributed by atoms with Crippen LogP contribution in [0.15, 0.2) is 29.4 Å². The lowest BCUT2D eigenvalue weighted by Gasteiger charge is -2.08. The molecule has 0 fully saturated rings. The molecule has 0 bridgehead atoms. The van der Waals surface area contributed by atoms with Gasteiger partial charge in [0.25, 0.3) is 0 Å². The van der Waals surface area contributed by atoms with Crippen LogP contribution in [0, 0.1) is 0 Å². The maximum absolute atomic E-state index is 12.5. The summed E-state index contributed by atoms with van der Waals surface area (Å²) in [6.45, 7) is 1.48. The van der Waals surface area contributed by atoms with Crippen molar-refractivity contribution in [2.75, 3.05) is 7.11 Å². The summed E-state index contributed by atoms with van der Waals surface area (Å²) in [6, 6.07) is 4.66. The highest BCUT2D eigenvalue weighted by Gasteiger charge is 2.30. The molecule has 18 heavy (non-hydrogen) atoms. The quantitative estimate of drug-likeness (QED) is 0.656. The lowest BCUT2D eigenvalue weighted by Crippen LogP contribution is -2.18. The Labute approximate surface area is 101 Å². The van der Waals surface area contributed by atoms with E-state index in [4.69, 9.17) is 0 Å². The molecule has 0 aliphatic heterocycles. The van der Waals surface area contributed by atoms with Crippen LogP contribution in [0.3, 0.4) is 0 Å². The van der Waals surface area contributed by atoms with Crippen LogP contribution < -0.4 is 5.43 Å². The fourth-order valence-electron chi connectivity index (χ4n) is 1.16. The van der Waals surface area contributed by atoms with E-state index in [1.807, 2.05) is 5.43 Å². The number of carbonyl (C=O) groups excluding carboxylic acids is 1. The van der Waals surface area contributed by atoms with E-state index in [-0.39, 0.29) is 11.3 Å². The molecule has 1 N–H and O–H groups in total. The lowest BCUT2D eigenvalue weighted by atomic mass is 10.1. The Morgan fingerprint density at radius 2 is 2.06 bits per heavy atom. The predicted octanol–water partition coefficient (Wildman–Crippen LogP) is 2.79. The van der Waals surface area contributed by atoms with Crippen LogP contribution in [0.2, 0.25) is 0 Å². The monoisotopic (exact) mass is 260 g/mol. The Bertz CT molecular complexity index is 470. The van der Waals surface area contributed by atoms with Crippen LogP contribution in [0.5, 0.6) is 0 Å². The second-order valence-electron chi connectivity index (χ2n) is 3.38. The summed E-state index contributed by atoms with van der Waals surface area (Å²) in [6.07, 6.45) is -5.20. The van der Waals surface area contributed by atoms with Gasteiger partial charge >= 0.3 is 12.3 Å². The average Bonchev–Trinajstić information content (AvgIpc) is 2.34. The van der Waals surface area contributed by atoms with Crippen LogP contribution in [0.1, 0.15) is 18.1 Å². The minimum absolute atomic E-state index is 0.242. The molecular weight excluding hydrogens is 249 g/mol. The normalized spacial score (nSPS) is 12.2. The first-order valence-electron chi connectivity index (χ1n) is 4.90. The molecule has 1 aromatic rings. The number of methoxy groups -OCH3 is 1. The number of amides is 1. The number of hydrazone groups is 1. The van der Waals surface area contributed by atoms with Gasteiger partial charge in [-0.25, -0.2) is 10.2 Å².